The van der Waals surface area contributed by atoms with Crippen LogP contribution < -0.4 is 0 Å². The maximum Gasteiger partial charge on any atom is 0.346 e. The van der Waals surface area contributed by atoms with Crippen LogP contribution in [0.3, 0.4) is 0 Å². The standard InChI is InChI=1S/C9H7BrO3.C8H5BrO3.C8H3BrO3/c1-12-9-6-3-2-5(10)4-7(6)8(11)13-9;2*9-4-1-2-5-6(3-4)8(11)12-7(5)10/h2-4,9H,1H3;1-3,7,10H;1-3H. The van der Waals surface area contributed by atoms with Crippen LogP contribution >= 0.6 is 47.8 Å². The smallest absolute Gasteiger partial charge is 0.346 e. The van der Waals surface area contributed by atoms with E-state index < -0.39 is 30.5 Å². The lowest BCUT2D eigenvalue weighted by Crippen LogP contribution is -1.99. The average Bonchev–Trinajstić information content (AvgIpc) is 3.44. The summed E-state index contributed by atoms with van der Waals surface area (Å²) >= 11 is 9.70. The van der Waals surface area contributed by atoms with Crippen molar-refractivity contribution in [3.05, 3.63) is 101 Å². The van der Waals surface area contributed by atoms with Crippen molar-refractivity contribution in [1.29, 1.82) is 0 Å². The fourth-order valence-electron chi connectivity index (χ4n) is 3.52. The van der Waals surface area contributed by atoms with Gasteiger partial charge >= 0.3 is 23.9 Å². The van der Waals surface area contributed by atoms with E-state index >= 15 is 0 Å². The van der Waals surface area contributed by atoms with Gasteiger partial charge in [0.2, 0.25) is 12.6 Å². The molecule has 3 aromatic carbocycles. The van der Waals surface area contributed by atoms with E-state index in [0.29, 0.717) is 27.8 Å². The fraction of sp³-hybridized carbons (Fsp3) is 0.120. The Morgan fingerprint density at radius 2 is 1.14 bits per heavy atom. The third kappa shape index (κ3) is 5.83. The quantitative estimate of drug-likeness (QED) is 0.195. The zero-order valence-electron chi connectivity index (χ0n) is 18.7. The number of fused-ring (bicyclic) bond motifs is 3. The molecule has 190 valence electrons. The van der Waals surface area contributed by atoms with Crippen molar-refractivity contribution in [1.82, 2.24) is 0 Å². The summed E-state index contributed by atoms with van der Waals surface area (Å²) in [6.07, 6.45) is -1.64. The molecule has 12 heteroatoms. The monoisotopic (exact) mass is 696 g/mol. The van der Waals surface area contributed by atoms with Crippen LogP contribution in [0, 0.1) is 0 Å². The van der Waals surface area contributed by atoms with Crippen molar-refractivity contribution in [2.24, 2.45) is 0 Å². The Balaban J connectivity index is 0.000000130. The Labute approximate surface area is 235 Å². The van der Waals surface area contributed by atoms with Gasteiger partial charge in [-0.1, -0.05) is 59.9 Å². The number of halogens is 3. The Morgan fingerprint density at radius 1 is 0.649 bits per heavy atom. The highest BCUT2D eigenvalue weighted by Crippen LogP contribution is 2.33. The first-order valence-electron chi connectivity index (χ1n) is 10.4. The zero-order chi connectivity index (χ0) is 26.9. The highest BCUT2D eigenvalue weighted by Gasteiger charge is 2.31. The SMILES string of the molecule is COC1OC(=O)c2cc(Br)ccc21.O=C1OC(=O)c2cc(Br)ccc21.O=C1OC(O)c2ccc(Br)cc21. The van der Waals surface area contributed by atoms with E-state index in [1.54, 1.807) is 42.5 Å². The van der Waals surface area contributed by atoms with Gasteiger partial charge in [-0.3, -0.25) is 0 Å². The number of hydrogen-bond donors (Lipinski definition) is 1. The molecular weight excluding hydrogens is 684 g/mol. The van der Waals surface area contributed by atoms with Crippen LogP contribution in [0.15, 0.2) is 68.0 Å². The highest BCUT2D eigenvalue weighted by atomic mass is 79.9. The topological polar surface area (TPSA) is 125 Å². The molecule has 0 aliphatic carbocycles. The van der Waals surface area contributed by atoms with Crippen molar-refractivity contribution >= 4 is 71.7 Å². The summed E-state index contributed by atoms with van der Waals surface area (Å²) in [5.41, 5.74) is 2.98. The molecule has 3 aliphatic heterocycles. The van der Waals surface area contributed by atoms with E-state index in [1.807, 2.05) is 12.1 Å². The molecule has 0 saturated carbocycles. The zero-order valence-corrected chi connectivity index (χ0v) is 23.5. The maximum atomic E-state index is 11.3. The first kappa shape index (κ1) is 27.1. The lowest BCUT2D eigenvalue weighted by molar-refractivity contribution is -0.0816. The van der Waals surface area contributed by atoms with Crippen molar-refractivity contribution in [2.45, 2.75) is 12.6 Å². The van der Waals surface area contributed by atoms with Gasteiger partial charge in [0.05, 0.1) is 22.3 Å². The fourth-order valence-corrected chi connectivity index (χ4v) is 4.60. The molecule has 9 nitrogen and oxygen atoms in total. The molecule has 0 saturated heterocycles. The molecule has 3 aromatic rings. The number of aliphatic hydroxyl groups excluding tert-OH is 1. The normalized spacial score (nSPS) is 18.3. The van der Waals surface area contributed by atoms with Crippen LogP contribution in [0.5, 0.6) is 0 Å². The molecule has 2 atom stereocenters. The number of ether oxygens (including phenoxy) is 4. The van der Waals surface area contributed by atoms with Crippen molar-refractivity contribution in [2.75, 3.05) is 7.11 Å². The minimum Gasteiger partial charge on any atom is -0.428 e. The summed E-state index contributed by atoms with van der Waals surface area (Å²) in [6, 6.07) is 15.3. The summed E-state index contributed by atoms with van der Waals surface area (Å²) in [6.45, 7) is 0. The molecule has 0 amide bonds. The summed E-state index contributed by atoms with van der Waals surface area (Å²) in [4.78, 5) is 44.2. The second-order valence-corrected chi connectivity index (χ2v) is 10.3. The Hall–Kier alpha value is -2.90. The molecule has 1 N–H and O–H groups in total. The van der Waals surface area contributed by atoms with E-state index in [4.69, 9.17) is 9.47 Å². The molecule has 3 heterocycles. The first-order valence-corrected chi connectivity index (χ1v) is 12.7. The van der Waals surface area contributed by atoms with Gasteiger partial charge in [-0.2, -0.15) is 0 Å². The van der Waals surface area contributed by atoms with E-state index in [0.717, 1.165) is 19.0 Å². The third-order valence-corrected chi connectivity index (χ3v) is 6.72. The van der Waals surface area contributed by atoms with Crippen molar-refractivity contribution < 1.29 is 43.2 Å². The van der Waals surface area contributed by atoms with Gasteiger partial charge in [-0.05, 0) is 42.5 Å². The number of hydrogen-bond acceptors (Lipinski definition) is 9. The van der Waals surface area contributed by atoms with Crippen LogP contribution in [-0.2, 0) is 18.9 Å². The van der Waals surface area contributed by atoms with Crippen molar-refractivity contribution in [3.63, 3.8) is 0 Å². The molecule has 37 heavy (non-hydrogen) atoms. The van der Waals surface area contributed by atoms with Crippen LogP contribution in [-0.4, -0.2) is 36.1 Å². The second kappa shape index (κ2) is 11.2. The van der Waals surface area contributed by atoms with Gasteiger partial charge in [0, 0.05) is 31.7 Å². The first-order chi connectivity index (χ1) is 17.6. The molecular formula is C25H15Br3O9. The number of carbonyl (C=O) groups is 4. The van der Waals surface area contributed by atoms with Gasteiger partial charge in [0.1, 0.15) is 0 Å². The summed E-state index contributed by atoms with van der Waals surface area (Å²) in [5, 5.41) is 9.18. The number of carbonyl (C=O) groups excluding carboxylic acids is 4. The predicted molar refractivity (Wildman–Crippen MR) is 138 cm³/mol. The lowest BCUT2D eigenvalue weighted by Gasteiger charge is -2.06. The molecule has 0 radical (unpaired) electrons. The van der Waals surface area contributed by atoms with E-state index in [2.05, 4.69) is 57.3 Å². The van der Waals surface area contributed by atoms with Crippen LogP contribution in [0.1, 0.15) is 65.1 Å². The van der Waals surface area contributed by atoms with Gasteiger partial charge < -0.3 is 24.1 Å². The molecule has 0 aromatic heterocycles. The maximum absolute atomic E-state index is 11.3. The Morgan fingerprint density at radius 3 is 1.76 bits per heavy atom. The number of benzene rings is 3. The second-order valence-electron chi connectivity index (χ2n) is 7.56. The number of methoxy groups -OCH3 is 1. The van der Waals surface area contributed by atoms with E-state index in [9.17, 15) is 24.3 Å². The predicted octanol–water partition coefficient (Wildman–Crippen LogP) is 5.63. The largest absolute Gasteiger partial charge is 0.428 e. The van der Waals surface area contributed by atoms with Crippen LogP contribution in [0.2, 0.25) is 0 Å². The minimum atomic E-state index is -1.10. The Bertz CT molecular complexity index is 1440. The number of aliphatic hydroxyl groups is 1. The number of esters is 4. The molecule has 6 rings (SSSR count). The van der Waals surface area contributed by atoms with Gasteiger partial charge in [0.15, 0.2) is 0 Å². The molecule has 2 unspecified atom stereocenters. The third-order valence-electron chi connectivity index (χ3n) is 5.24. The van der Waals surface area contributed by atoms with Gasteiger partial charge in [0.25, 0.3) is 0 Å². The van der Waals surface area contributed by atoms with Crippen molar-refractivity contribution in [3.8, 4) is 0 Å². The van der Waals surface area contributed by atoms with E-state index in [-0.39, 0.29) is 5.97 Å². The molecule has 3 aliphatic rings. The molecule has 0 spiro atoms. The summed E-state index contributed by atoms with van der Waals surface area (Å²) < 4.78 is 21.3. The van der Waals surface area contributed by atoms with Crippen LogP contribution in [0.25, 0.3) is 0 Å². The molecule has 0 bridgehead atoms. The summed E-state index contributed by atoms with van der Waals surface area (Å²) in [5.74, 6) is -1.94. The summed E-state index contributed by atoms with van der Waals surface area (Å²) in [7, 11) is 1.51. The average molecular weight is 699 g/mol. The van der Waals surface area contributed by atoms with E-state index in [1.165, 1.54) is 7.11 Å². The number of cyclic esters (lactones) is 4. The Kier molecular flexibility index (Phi) is 8.24. The molecule has 0 fully saturated rings. The van der Waals surface area contributed by atoms with Crippen LogP contribution in [0.4, 0.5) is 0 Å². The lowest BCUT2D eigenvalue weighted by atomic mass is 10.1. The number of rotatable bonds is 1. The highest BCUT2D eigenvalue weighted by molar-refractivity contribution is 9.11. The van der Waals surface area contributed by atoms with Gasteiger partial charge in [-0.15, -0.1) is 0 Å². The van der Waals surface area contributed by atoms with Gasteiger partial charge in [-0.25, -0.2) is 19.2 Å². The minimum absolute atomic E-state index is 0.328.